The Labute approximate surface area is 339 Å². The number of esters is 1. The maximum atomic E-state index is 11.8. The average molecular weight is 1010 g/mol. The Kier molecular flexibility index (Phi) is 25.4. The molecule has 308 valence electrons. The van der Waals surface area contributed by atoms with Gasteiger partial charge < -0.3 is 26.7 Å². The number of aromatic amines is 2. The molecule has 4 aromatic carbocycles. The fourth-order valence-corrected chi connectivity index (χ4v) is 6.30. The van der Waals surface area contributed by atoms with E-state index in [-0.39, 0.29) is 30.2 Å². The first-order valence-electron chi connectivity index (χ1n) is 18.0. The number of benzene rings is 4. The predicted molar refractivity (Wildman–Crippen MR) is 214 cm³/mol. The summed E-state index contributed by atoms with van der Waals surface area (Å²) >= 11 is 3.51. The molecule has 5 rings (SSSR count). The van der Waals surface area contributed by atoms with Gasteiger partial charge in [0.2, 0.25) is 0 Å². The van der Waals surface area contributed by atoms with E-state index in [1.54, 1.807) is 12.1 Å². The van der Waals surface area contributed by atoms with E-state index >= 15 is 0 Å². The third-order valence-corrected chi connectivity index (χ3v) is 10.7. The normalized spacial score (nSPS) is 10.8. The third-order valence-electron chi connectivity index (χ3n) is 7.69. The first kappa shape index (κ1) is 49.7. The second-order valence-corrected chi connectivity index (χ2v) is 16.9. The van der Waals surface area contributed by atoms with Crippen molar-refractivity contribution in [2.45, 2.75) is 98.3 Å². The van der Waals surface area contributed by atoms with E-state index in [9.17, 15) is 26.7 Å². The summed E-state index contributed by atoms with van der Waals surface area (Å²) in [5, 5.41) is 2.02. The zero-order valence-corrected chi connectivity index (χ0v) is 36.4. The molecule has 0 atom stereocenters. The summed E-state index contributed by atoms with van der Waals surface area (Å²) in [6.07, 6.45) is 2.73. The molecule has 0 fully saturated rings. The second-order valence-electron chi connectivity index (χ2n) is 13.4. The molecule has 0 bridgehead atoms. The molecule has 4 nitrogen and oxygen atoms in total. The number of ether oxygens (including phenoxy) is 1. The summed E-state index contributed by atoms with van der Waals surface area (Å²) < 4.78 is 58.7. The molecule has 0 spiro atoms. The van der Waals surface area contributed by atoms with Gasteiger partial charge in [0.05, 0.1) is 12.2 Å². The van der Waals surface area contributed by atoms with Gasteiger partial charge >= 0.3 is 62.1 Å². The minimum absolute atomic E-state index is 0.143. The molecule has 0 saturated carbocycles. The fraction of sp³-hybridized carbons (Fsp3) is 0.364. The predicted octanol–water partition coefficient (Wildman–Crippen LogP) is 14.7. The first-order valence-corrected chi connectivity index (χ1v) is 23.8. The molecular formula is C44H53AuBrF5N2O2-4. The topological polar surface area (TPSA) is 57.9 Å². The van der Waals surface area contributed by atoms with Crippen molar-refractivity contribution in [2.24, 2.45) is 0 Å². The molecule has 0 amide bonds. The first-order chi connectivity index (χ1) is 26.0. The Balaban J connectivity index is 0.000000375. The van der Waals surface area contributed by atoms with Gasteiger partial charge in [0.1, 0.15) is 0 Å². The van der Waals surface area contributed by atoms with E-state index in [0.29, 0.717) is 42.1 Å². The van der Waals surface area contributed by atoms with Gasteiger partial charge in [0.15, 0.2) is 6.68 Å². The quantitative estimate of drug-likeness (QED) is 0.0481. The number of hydrogen-bond donors (Lipinski definition) is 2. The molecular weight excluding hydrogens is 960 g/mol. The second kappa shape index (κ2) is 28.1. The Morgan fingerprint density at radius 2 is 1.11 bits per heavy atom. The van der Waals surface area contributed by atoms with E-state index in [1.807, 2.05) is 42.7 Å². The van der Waals surface area contributed by atoms with Crippen molar-refractivity contribution in [1.82, 2.24) is 9.97 Å². The molecule has 0 aliphatic heterocycles. The Hall–Kier alpha value is -3.31. The van der Waals surface area contributed by atoms with Crippen molar-refractivity contribution in [3.8, 4) is 0 Å². The van der Waals surface area contributed by atoms with Crippen molar-refractivity contribution < 1.29 is 48.6 Å². The summed E-state index contributed by atoms with van der Waals surface area (Å²) in [5.41, 5.74) is 5.76. The van der Waals surface area contributed by atoms with Crippen molar-refractivity contribution in [3.63, 3.8) is 0 Å². The number of fused-ring (bicyclic) bond motifs is 1. The number of hydrogen-bond acceptors (Lipinski definition) is 2. The number of aromatic nitrogens is 2. The molecule has 1 heterocycles. The van der Waals surface area contributed by atoms with Gasteiger partial charge in [-0.05, 0) is 53.0 Å². The van der Waals surface area contributed by atoms with Gasteiger partial charge in [-0.2, -0.15) is 70.8 Å². The number of imidazole rings is 1. The van der Waals surface area contributed by atoms with Crippen LogP contribution in [0.25, 0.3) is 10.8 Å². The van der Waals surface area contributed by atoms with Crippen LogP contribution in [0, 0.1) is 28.9 Å². The van der Waals surface area contributed by atoms with Crippen LogP contribution in [0.5, 0.6) is 0 Å². The van der Waals surface area contributed by atoms with Crippen LogP contribution in [-0.4, -0.2) is 22.5 Å². The third kappa shape index (κ3) is 22.1. The molecule has 2 N–H and O–H groups in total. The Morgan fingerprint density at radius 3 is 1.49 bits per heavy atom. The summed E-state index contributed by atoms with van der Waals surface area (Å²) in [4.78, 5) is 17.9. The number of nitrogens with one attached hydrogen (secondary N) is 2. The zero-order valence-electron chi connectivity index (χ0n) is 32.7. The average Bonchev–Trinajstić information content (AvgIpc) is 3.69. The van der Waals surface area contributed by atoms with Crippen LogP contribution in [-0.2, 0) is 21.9 Å². The summed E-state index contributed by atoms with van der Waals surface area (Å²) in [6, 6.07) is 32.8. The molecule has 5 aromatic rings. The van der Waals surface area contributed by atoms with Crippen molar-refractivity contribution >= 4 is 29.8 Å². The van der Waals surface area contributed by atoms with E-state index in [4.69, 9.17) is 4.74 Å². The molecule has 55 heavy (non-hydrogen) atoms. The monoisotopic (exact) mass is 1010 g/mol. The van der Waals surface area contributed by atoms with Gasteiger partial charge in [0, 0.05) is 6.43 Å². The number of halogens is 6. The molecule has 1 aromatic heterocycles. The van der Waals surface area contributed by atoms with Crippen LogP contribution >= 0.6 is 13.0 Å². The van der Waals surface area contributed by atoms with Crippen LogP contribution in [0.2, 0.25) is 0 Å². The minimum atomic E-state index is -3.08. The molecule has 0 unspecified atom stereocenters. The van der Waals surface area contributed by atoms with E-state index in [1.165, 1.54) is 25.9 Å². The summed E-state index contributed by atoms with van der Waals surface area (Å²) in [7, 11) is 0. The van der Waals surface area contributed by atoms with Gasteiger partial charge in [-0.25, -0.2) is 4.79 Å². The van der Waals surface area contributed by atoms with Gasteiger partial charge in [-0.1, -0.05) is 92.1 Å². The van der Waals surface area contributed by atoms with E-state index < -0.39 is 19.1 Å². The van der Waals surface area contributed by atoms with Crippen molar-refractivity contribution in [3.05, 3.63) is 148 Å². The maximum absolute atomic E-state index is 11.8. The van der Waals surface area contributed by atoms with Gasteiger partial charge in [-0.3, -0.25) is 0 Å². The molecule has 0 aliphatic rings. The van der Waals surface area contributed by atoms with Crippen molar-refractivity contribution in [2.75, 3.05) is 6.61 Å². The van der Waals surface area contributed by atoms with Crippen LogP contribution in [0.3, 0.4) is 0 Å². The number of rotatable bonds is 10. The van der Waals surface area contributed by atoms with E-state index in [2.05, 4.69) is 127 Å². The van der Waals surface area contributed by atoms with Gasteiger partial charge in [-0.15, -0.1) is 6.42 Å². The molecule has 0 aliphatic carbocycles. The number of carbonyl (C=O) groups excluding carboxylic acids is 1. The van der Waals surface area contributed by atoms with E-state index in [0.717, 1.165) is 10.8 Å². The molecule has 0 radical (unpaired) electrons. The van der Waals surface area contributed by atoms with Crippen molar-refractivity contribution in [1.29, 1.82) is 0 Å². The molecule has 0 saturated heterocycles. The Bertz CT molecular complexity index is 1720. The standard InChI is InChI=1S/C16H15F2O2.2C12H17.C3H4N2.CF3.Au.BrH/c17-15(18)7-3-4-10-20-16(19)14-9-8-12-5-1-2-6-13(12)11-14;2*1-9(2)11-6-5-7-12(8-11)10(3)4;1-2-5-3-4-1;2-1(3)4;;/h1-2,5-6,8-9,11H,3-4,7,10H2;2*5-7,9-10H,1-4H3;1-2,4-5H;;;1H/q3*-1;;-1;+1;/p-1. The van der Waals surface area contributed by atoms with Crippen LogP contribution < -0.4 is 0 Å². The number of H-pyrrole nitrogens is 2. The van der Waals surface area contributed by atoms with Crippen LogP contribution in [0.1, 0.15) is 131 Å². The summed E-state index contributed by atoms with van der Waals surface area (Å²) in [5.74, 6) is 1.93. The van der Waals surface area contributed by atoms with Crippen LogP contribution in [0.4, 0.5) is 22.0 Å². The summed E-state index contributed by atoms with van der Waals surface area (Å²) in [6.45, 7) is 14.7. The number of carbonyl (C=O) groups is 1. The Morgan fingerprint density at radius 1 is 0.673 bits per heavy atom. The van der Waals surface area contributed by atoms with Crippen LogP contribution in [0.15, 0.2) is 91.3 Å². The fourth-order valence-electron chi connectivity index (χ4n) is 4.57. The number of unbranched alkanes of at least 4 members (excludes halogenated alkanes) is 1. The zero-order chi connectivity index (χ0) is 41.3. The SMILES string of the molecule is CC(C)c1[c-]c(C(C)C)ccc1.CC(C)c1[c-]c(C(C)C)ccc1.F[C-](F)F.O=C(OCCCC[C-](F)F)c1ccc2ccccc2c1.[Br][Au]=[c]1[nH]cc[nH]1. The molecule has 11 heteroatoms. The van der Waals surface area contributed by atoms with Gasteiger partial charge in [0.25, 0.3) is 0 Å².